The van der Waals surface area contributed by atoms with Gasteiger partial charge in [-0.2, -0.15) is 0 Å². The summed E-state index contributed by atoms with van der Waals surface area (Å²) in [5.41, 5.74) is 3.08. The van der Waals surface area contributed by atoms with Crippen LogP contribution in [0.2, 0.25) is 0 Å². The average molecular weight is 451 g/mol. The lowest BCUT2D eigenvalue weighted by molar-refractivity contribution is -0.140. The topological polar surface area (TPSA) is 60.9 Å². The molecule has 1 N–H and O–H groups in total. The molecule has 2 aliphatic rings. The summed E-state index contributed by atoms with van der Waals surface area (Å²) in [6, 6.07) is 10.9. The number of halogens is 1. The number of ketones is 1. The lowest BCUT2D eigenvalue weighted by atomic mass is 9.88. The number of aryl methyl sites for hydroxylation is 2. The van der Waals surface area contributed by atoms with Crippen molar-refractivity contribution >= 4 is 17.4 Å². The smallest absolute Gasteiger partial charge is 0.295 e. The molecule has 1 amide bonds. The number of aliphatic hydroxyl groups is 1. The summed E-state index contributed by atoms with van der Waals surface area (Å²) >= 11 is 0. The quantitative estimate of drug-likeness (QED) is 0.384. The molecule has 6 heteroatoms. The third-order valence-electron chi connectivity index (χ3n) is 6.91. The molecular formula is C27H31FN2O3. The van der Waals surface area contributed by atoms with Crippen molar-refractivity contribution in [3.63, 3.8) is 0 Å². The van der Waals surface area contributed by atoms with Crippen LogP contribution in [0.3, 0.4) is 0 Å². The molecule has 5 nitrogen and oxygen atoms in total. The summed E-state index contributed by atoms with van der Waals surface area (Å²) < 4.78 is 14.9. The van der Waals surface area contributed by atoms with E-state index in [-0.39, 0.29) is 23.4 Å². The molecule has 1 unspecified atom stereocenters. The first-order chi connectivity index (χ1) is 16.0. The predicted molar refractivity (Wildman–Crippen MR) is 126 cm³/mol. The first kappa shape index (κ1) is 23.2. The lowest BCUT2D eigenvalue weighted by Crippen LogP contribution is -2.38. The van der Waals surface area contributed by atoms with Crippen molar-refractivity contribution in [1.82, 2.24) is 9.80 Å². The van der Waals surface area contributed by atoms with Crippen LogP contribution in [0.25, 0.3) is 5.76 Å². The van der Waals surface area contributed by atoms with Gasteiger partial charge in [-0.25, -0.2) is 4.39 Å². The maximum atomic E-state index is 14.9. The van der Waals surface area contributed by atoms with Gasteiger partial charge in [0.25, 0.3) is 11.7 Å². The highest BCUT2D eigenvalue weighted by atomic mass is 19.1. The Bertz CT molecular complexity index is 1090. The SMILES string of the molecule is CCN(CC)CCN1C(=O)C(=O)/C(=C(/O)c2ccc3c(c2)CCCC3)C1c1ccccc1F. The van der Waals surface area contributed by atoms with Crippen molar-refractivity contribution in [3.8, 4) is 0 Å². The van der Waals surface area contributed by atoms with Crippen molar-refractivity contribution in [2.75, 3.05) is 26.2 Å². The van der Waals surface area contributed by atoms with E-state index in [4.69, 9.17) is 0 Å². The van der Waals surface area contributed by atoms with Crippen molar-refractivity contribution in [2.24, 2.45) is 0 Å². The zero-order chi connectivity index (χ0) is 23.5. The predicted octanol–water partition coefficient (Wildman–Crippen LogP) is 4.47. The second-order valence-corrected chi connectivity index (χ2v) is 8.73. The summed E-state index contributed by atoms with van der Waals surface area (Å²) in [5.74, 6) is -2.21. The summed E-state index contributed by atoms with van der Waals surface area (Å²) in [4.78, 5) is 29.8. The number of likely N-dealkylation sites (tertiary alicyclic amines) is 1. The minimum Gasteiger partial charge on any atom is -0.507 e. The number of benzene rings is 2. The molecule has 1 saturated heterocycles. The van der Waals surface area contributed by atoms with Crippen molar-refractivity contribution in [2.45, 2.75) is 45.6 Å². The largest absolute Gasteiger partial charge is 0.507 e. The Kier molecular flexibility index (Phi) is 6.94. The number of amides is 1. The van der Waals surface area contributed by atoms with E-state index in [2.05, 4.69) is 4.90 Å². The van der Waals surface area contributed by atoms with Gasteiger partial charge in [0.05, 0.1) is 11.6 Å². The molecule has 1 heterocycles. The van der Waals surface area contributed by atoms with Crippen LogP contribution in [-0.2, 0) is 22.4 Å². The molecule has 1 atom stereocenters. The Morgan fingerprint density at radius 1 is 1.06 bits per heavy atom. The van der Waals surface area contributed by atoms with E-state index in [9.17, 15) is 19.1 Å². The van der Waals surface area contributed by atoms with Gasteiger partial charge in [0.2, 0.25) is 0 Å². The van der Waals surface area contributed by atoms with E-state index in [0.29, 0.717) is 12.1 Å². The maximum absolute atomic E-state index is 14.9. The number of aliphatic hydroxyl groups excluding tert-OH is 1. The van der Waals surface area contributed by atoms with Crippen LogP contribution < -0.4 is 0 Å². The van der Waals surface area contributed by atoms with Crippen LogP contribution in [-0.4, -0.2) is 52.8 Å². The molecule has 1 fully saturated rings. The Balaban J connectivity index is 1.80. The first-order valence-corrected chi connectivity index (χ1v) is 11.8. The van der Waals surface area contributed by atoms with E-state index in [1.165, 1.54) is 16.5 Å². The van der Waals surface area contributed by atoms with Crippen LogP contribution >= 0.6 is 0 Å². The highest BCUT2D eigenvalue weighted by Gasteiger charge is 2.46. The number of carbonyl (C=O) groups is 2. The third-order valence-corrected chi connectivity index (χ3v) is 6.91. The summed E-state index contributed by atoms with van der Waals surface area (Å²) in [6.07, 6.45) is 4.15. The molecule has 0 radical (unpaired) electrons. The number of hydrogen-bond acceptors (Lipinski definition) is 4. The minimum absolute atomic E-state index is 0.0413. The van der Waals surface area contributed by atoms with Gasteiger partial charge in [0.15, 0.2) is 0 Å². The summed E-state index contributed by atoms with van der Waals surface area (Å²) in [6.45, 7) is 6.50. The molecule has 4 rings (SSSR count). The third kappa shape index (κ3) is 4.44. The first-order valence-electron chi connectivity index (χ1n) is 11.8. The zero-order valence-electron chi connectivity index (χ0n) is 19.3. The normalized spacial score (nSPS) is 19.9. The van der Waals surface area contributed by atoms with Gasteiger partial charge >= 0.3 is 0 Å². The van der Waals surface area contributed by atoms with E-state index >= 15 is 0 Å². The number of hydrogen-bond donors (Lipinski definition) is 1. The van der Waals surface area contributed by atoms with Gasteiger partial charge < -0.3 is 14.9 Å². The number of fused-ring (bicyclic) bond motifs is 1. The van der Waals surface area contributed by atoms with E-state index in [0.717, 1.165) is 44.3 Å². The fourth-order valence-corrected chi connectivity index (χ4v) is 4.96. The monoisotopic (exact) mass is 450 g/mol. The van der Waals surface area contributed by atoms with Crippen molar-refractivity contribution in [1.29, 1.82) is 0 Å². The second-order valence-electron chi connectivity index (χ2n) is 8.73. The van der Waals surface area contributed by atoms with Gasteiger partial charge in [-0.1, -0.05) is 44.2 Å². The van der Waals surface area contributed by atoms with Crippen LogP contribution in [0.4, 0.5) is 4.39 Å². The van der Waals surface area contributed by atoms with Crippen LogP contribution in [0.15, 0.2) is 48.0 Å². The van der Waals surface area contributed by atoms with E-state index < -0.39 is 23.5 Å². The number of nitrogens with zero attached hydrogens (tertiary/aromatic N) is 2. The fourth-order valence-electron chi connectivity index (χ4n) is 4.96. The lowest BCUT2D eigenvalue weighted by Gasteiger charge is -2.28. The molecule has 174 valence electrons. The minimum atomic E-state index is -0.960. The van der Waals surface area contributed by atoms with Crippen molar-refractivity contribution < 1.29 is 19.1 Å². The van der Waals surface area contributed by atoms with Gasteiger partial charge in [-0.15, -0.1) is 0 Å². The molecule has 1 aliphatic carbocycles. The van der Waals surface area contributed by atoms with Crippen LogP contribution in [0.1, 0.15) is 55.0 Å². The molecule has 0 spiro atoms. The van der Waals surface area contributed by atoms with Gasteiger partial charge in [-0.3, -0.25) is 9.59 Å². The Hall–Kier alpha value is -2.99. The number of rotatable bonds is 7. The molecule has 33 heavy (non-hydrogen) atoms. The molecule has 0 saturated carbocycles. The highest BCUT2D eigenvalue weighted by molar-refractivity contribution is 6.46. The van der Waals surface area contributed by atoms with Crippen LogP contribution in [0.5, 0.6) is 0 Å². The van der Waals surface area contributed by atoms with Gasteiger partial charge in [0, 0.05) is 24.2 Å². The average Bonchev–Trinajstić information content (AvgIpc) is 3.09. The van der Waals surface area contributed by atoms with Crippen molar-refractivity contribution in [3.05, 3.63) is 76.1 Å². The fraction of sp³-hybridized carbons (Fsp3) is 0.407. The maximum Gasteiger partial charge on any atom is 0.295 e. The molecular weight excluding hydrogens is 419 g/mol. The van der Waals surface area contributed by atoms with E-state index in [1.807, 2.05) is 26.0 Å². The van der Waals surface area contributed by atoms with Crippen LogP contribution in [0, 0.1) is 5.82 Å². The molecule has 2 aromatic rings. The Morgan fingerprint density at radius 2 is 1.76 bits per heavy atom. The Labute approximate surface area is 194 Å². The molecule has 2 aromatic carbocycles. The van der Waals surface area contributed by atoms with Gasteiger partial charge in [0.1, 0.15) is 11.6 Å². The second kappa shape index (κ2) is 9.87. The summed E-state index contributed by atoms with van der Waals surface area (Å²) in [5, 5.41) is 11.3. The number of Topliss-reactive ketones (excluding diaryl/α,β-unsaturated/α-hetero) is 1. The number of likely N-dealkylation sites (N-methyl/N-ethyl adjacent to an activating group) is 1. The zero-order valence-corrected chi connectivity index (χ0v) is 19.3. The standard InChI is InChI=1S/C27H31FN2O3/c1-3-29(4-2)15-16-30-24(21-11-7-8-12-22(21)28)23(26(32)27(30)33)25(31)20-14-13-18-9-5-6-10-19(18)17-20/h7-8,11-14,17,24,31H,3-6,9-10,15-16H2,1-2H3/b25-23+. The Morgan fingerprint density at radius 3 is 2.45 bits per heavy atom. The highest BCUT2D eigenvalue weighted by Crippen LogP contribution is 2.40. The summed E-state index contributed by atoms with van der Waals surface area (Å²) in [7, 11) is 0. The molecule has 0 aromatic heterocycles. The van der Waals surface area contributed by atoms with Gasteiger partial charge in [-0.05, 0) is 62.0 Å². The van der Waals surface area contributed by atoms with E-state index in [1.54, 1.807) is 24.3 Å². The molecule has 1 aliphatic heterocycles. The molecule has 0 bridgehead atoms. The number of carbonyl (C=O) groups excluding carboxylic acids is 2.